The number of benzene rings is 1. The molecule has 0 heterocycles. The van der Waals surface area contributed by atoms with Crippen molar-refractivity contribution in [2.45, 2.75) is 0 Å². The number of carbonyl (C=O) groups excluding carboxylic acids is 1. The average molecular weight is 276 g/mol. The average Bonchev–Trinajstić information content (AvgIpc) is 2.37. The number of carboxylic acid groups (broad SMARTS) is 2. The van der Waals surface area contributed by atoms with Gasteiger partial charge in [-0.3, -0.25) is 9.59 Å². The van der Waals surface area contributed by atoms with Crippen LogP contribution < -0.4 is 5.32 Å². The Labute approximate surface area is 114 Å². The van der Waals surface area contributed by atoms with Gasteiger partial charge in [0.25, 0.3) is 0 Å². The molecular formula is C13H12N2O5. The lowest BCUT2D eigenvalue weighted by molar-refractivity contribution is -0.140. The number of rotatable bonds is 5. The van der Waals surface area contributed by atoms with Crippen LogP contribution in [0.15, 0.2) is 24.3 Å². The minimum absolute atomic E-state index is 0.353. The molecule has 1 aromatic rings. The number of amides is 2. The summed E-state index contributed by atoms with van der Waals surface area (Å²) in [5, 5.41) is 19.7. The molecule has 0 unspecified atom stereocenters. The number of nitrogens with one attached hydrogen (secondary N) is 1. The van der Waals surface area contributed by atoms with Crippen LogP contribution in [-0.4, -0.2) is 46.2 Å². The molecule has 104 valence electrons. The third-order valence-corrected chi connectivity index (χ3v) is 2.22. The molecule has 2 amide bonds. The Morgan fingerprint density at radius 1 is 1.20 bits per heavy atom. The Kier molecular flexibility index (Phi) is 5.12. The van der Waals surface area contributed by atoms with Gasteiger partial charge in [0.1, 0.15) is 13.1 Å². The highest BCUT2D eigenvalue weighted by Gasteiger charge is 2.19. The number of nitrogens with zero attached hydrogens (tertiary/aromatic N) is 1. The first-order valence-corrected chi connectivity index (χ1v) is 5.48. The first-order valence-electron chi connectivity index (χ1n) is 5.48. The number of hydrogen-bond acceptors (Lipinski definition) is 3. The summed E-state index contributed by atoms with van der Waals surface area (Å²) < 4.78 is 0. The van der Waals surface area contributed by atoms with E-state index in [2.05, 4.69) is 11.2 Å². The Hall–Kier alpha value is -3.01. The smallest absolute Gasteiger partial charge is 0.323 e. The van der Waals surface area contributed by atoms with Crippen molar-refractivity contribution in [1.29, 1.82) is 0 Å². The van der Waals surface area contributed by atoms with Crippen LogP contribution in [0.1, 0.15) is 5.56 Å². The van der Waals surface area contributed by atoms with E-state index in [0.717, 1.165) is 0 Å². The van der Waals surface area contributed by atoms with Crippen molar-refractivity contribution in [3.8, 4) is 12.3 Å². The van der Waals surface area contributed by atoms with Gasteiger partial charge in [0, 0.05) is 11.3 Å². The third-order valence-electron chi connectivity index (χ3n) is 2.22. The SMILES string of the molecule is C#Cc1cccc(NC(=O)N(CC(=O)O)CC(=O)O)c1. The van der Waals surface area contributed by atoms with Gasteiger partial charge in [-0.05, 0) is 18.2 Å². The molecule has 7 heteroatoms. The minimum atomic E-state index is -1.31. The minimum Gasteiger partial charge on any atom is -0.480 e. The lowest BCUT2D eigenvalue weighted by Gasteiger charge is -2.19. The molecule has 20 heavy (non-hydrogen) atoms. The summed E-state index contributed by atoms with van der Waals surface area (Å²) in [6.07, 6.45) is 5.21. The zero-order valence-corrected chi connectivity index (χ0v) is 10.4. The van der Waals surface area contributed by atoms with E-state index < -0.39 is 31.1 Å². The predicted molar refractivity (Wildman–Crippen MR) is 70.2 cm³/mol. The normalized spacial score (nSPS) is 9.35. The highest BCUT2D eigenvalue weighted by Crippen LogP contribution is 2.10. The van der Waals surface area contributed by atoms with Crippen molar-refractivity contribution >= 4 is 23.7 Å². The van der Waals surface area contributed by atoms with Crippen molar-refractivity contribution in [1.82, 2.24) is 4.90 Å². The van der Waals surface area contributed by atoms with Gasteiger partial charge in [-0.15, -0.1) is 6.42 Å². The predicted octanol–water partition coefficient (Wildman–Crippen LogP) is 0.671. The Morgan fingerprint density at radius 3 is 2.30 bits per heavy atom. The van der Waals surface area contributed by atoms with E-state index in [-0.39, 0.29) is 0 Å². The van der Waals surface area contributed by atoms with E-state index in [1.165, 1.54) is 6.07 Å². The molecule has 0 atom stereocenters. The molecular weight excluding hydrogens is 264 g/mol. The van der Waals surface area contributed by atoms with Crippen molar-refractivity contribution < 1.29 is 24.6 Å². The largest absolute Gasteiger partial charge is 0.480 e. The van der Waals surface area contributed by atoms with Gasteiger partial charge in [0.15, 0.2) is 0 Å². The van der Waals surface area contributed by atoms with Crippen LogP contribution in [0.25, 0.3) is 0 Å². The van der Waals surface area contributed by atoms with Crippen LogP contribution in [0.5, 0.6) is 0 Å². The van der Waals surface area contributed by atoms with E-state index in [1.54, 1.807) is 18.2 Å². The van der Waals surface area contributed by atoms with Gasteiger partial charge in [-0.2, -0.15) is 0 Å². The molecule has 0 radical (unpaired) electrons. The molecule has 0 saturated heterocycles. The van der Waals surface area contributed by atoms with Crippen LogP contribution >= 0.6 is 0 Å². The van der Waals surface area contributed by atoms with E-state index in [1.807, 2.05) is 0 Å². The van der Waals surface area contributed by atoms with Gasteiger partial charge in [-0.1, -0.05) is 12.0 Å². The zero-order valence-electron chi connectivity index (χ0n) is 10.4. The molecule has 0 aliphatic rings. The summed E-state index contributed by atoms with van der Waals surface area (Å²) in [7, 11) is 0. The standard InChI is InChI=1S/C13H12N2O5/c1-2-9-4-3-5-10(6-9)14-13(20)15(7-11(16)17)8-12(18)19/h1,3-6H,7-8H2,(H,14,20)(H,16,17)(H,18,19). The lowest BCUT2D eigenvalue weighted by atomic mass is 10.2. The number of urea groups is 1. The Bertz CT molecular complexity index is 560. The summed E-state index contributed by atoms with van der Waals surface area (Å²) >= 11 is 0. The fourth-order valence-electron chi connectivity index (χ4n) is 1.42. The molecule has 0 spiro atoms. The summed E-state index contributed by atoms with van der Waals surface area (Å²) in [5.41, 5.74) is 0.886. The lowest BCUT2D eigenvalue weighted by Crippen LogP contribution is -2.41. The number of hydrogen-bond donors (Lipinski definition) is 3. The maximum Gasteiger partial charge on any atom is 0.323 e. The molecule has 1 rings (SSSR count). The monoisotopic (exact) mass is 276 g/mol. The number of aliphatic carboxylic acids is 2. The van der Waals surface area contributed by atoms with E-state index in [0.29, 0.717) is 16.2 Å². The first kappa shape index (κ1) is 15.0. The highest BCUT2D eigenvalue weighted by molar-refractivity contribution is 5.93. The first-order chi connectivity index (χ1) is 9.42. The van der Waals surface area contributed by atoms with Gasteiger partial charge in [0.05, 0.1) is 0 Å². The maximum absolute atomic E-state index is 11.8. The van der Waals surface area contributed by atoms with Crippen LogP contribution in [0.3, 0.4) is 0 Å². The van der Waals surface area contributed by atoms with Crippen LogP contribution in [-0.2, 0) is 9.59 Å². The third kappa shape index (κ3) is 4.70. The number of anilines is 1. The van der Waals surface area contributed by atoms with Crippen molar-refractivity contribution in [2.24, 2.45) is 0 Å². The van der Waals surface area contributed by atoms with E-state index >= 15 is 0 Å². The number of carbonyl (C=O) groups is 3. The van der Waals surface area contributed by atoms with Crippen LogP contribution in [0, 0.1) is 12.3 Å². The second kappa shape index (κ2) is 6.80. The van der Waals surface area contributed by atoms with Crippen LogP contribution in [0.2, 0.25) is 0 Å². The summed E-state index contributed by atoms with van der Waals surface area (Å²) in [5.74, 6) is -0.232. The molecule has 0 fully saturated rings. The van der Waals surface area contributed by atoms with Crippen LogP contribution in [0.4, 0.5) is 10.5 Å². The van der Waals surface area contributed by atoms with Gasteiger partial charge in [0.2, 0.25) is 0 Å². The van der Waals surface area contributed by atoms with Gasteiger partial charge >= 0.3 is 18.0 Å². The highest BCUT2D eigenvalue weighted by atomic mass is 16.4. The Balaban J connectivity index is 2.81. The Morgan fingerprint density at radius 2 is 1.80 bits per heavy atom. The van der Waals surface area contributed by atoms with Crippen molar-refractivity contribution in [2.75, 3.05) is 18.4 Å². The fourth-order valence-corrected chi connectivity index (χ4v) is 1.42. The zero-order chi connectivity index (χ0) is 15.1. The molecule has 1 aromatic carbocycles. The summed E-state index contributed by atoms with van der Waals surface area (Å²) in [6, 6.07) is 5.51. The van der Waals surface area contributed by atoms with Crippen molar-refractivity contribution in [3.63, 3.8) is 0 Å². The van der Waals surface area contributed by atoms with Crippen molar-refractivity contribution in [3.05, 3.63) is 29.8 Å². The summed E-state index contributed by atoms with van der Waals surface area (Å²) in [6.45, 7) is -1.43. The molecule has 0 saturated carbocycles. The molecule has 0 aliphatic heterocycles. The topological polar surface area (TPSA) is 107 Å². The molecule has 7 nitrogen and oxygen atoms in total. The molecule has 0 aromatic heterocycles. The van der Waals surface area contributed by atoms with E-state index in [9.17, 15) is 14.4 Å². The molecule has 0 bridgehead atoms. The second-order valence-corrected chi connectivity index (χ2v) is 3.80. The quantitative estimate of drug-likeness (QED) is 0.685. The fraction of sp³-hybridized carbons (Fsp3) is 0.154. The summed E-state index contributed by atoms with van der Waals surface area (Å²) in [4.78, 5) is 33.7. The molecule has 0 aliphatic carbocycles. The van der Waals surface area contributed by atoms with Gasteiger partial charge in [-0.25, -0.2) is 4.79 Å². The number of terminal acetylenes is 1. The molecule has 3 N–H and O–H groups in total. The number of carboxylic acids is 2. The maximum atomic E-state index is 11.8. The second-order valence-electron chi connectivity index (χ2n) is 3.80. The van der Waals surface area contributed by atoms with E-state index in [4.69, 9.17) is 16.6 Å². The van der Waals surface area contributed by atoms with Gasteiger partial charge < -0.3 is 20.4 Å².